The van der Waals surface area contributed by atoms with Gasteiger partial charge in [-0.2, -0.15) is 0 Å². The summed E-state index contributed by atoms with van der Waals surface area (Å²) >= 11 is 7.41. The number of benzene rings is 5. The Hall–Kier alpha value is -4.32. The number of pyridine rings is 2. The maximum absolute atomic E-state index is 5.30. The summed E-state index contributed by atoms with van der Waals surface area (Å²) in [6.07, 6.45) is 0. The molecular weight excluding hydrogens is 646 g/mol. The minimum atomic E-state index is 0.765. The van der Waals surface area contributed by atoms with Crippen molar-refractivity contribution in [1.29, 1.82) is 0 Å². The molecule has 7 aromatic rings. The number of halogens is 2. The smallest absolute Gasteiger partial charge is 0.141 e. The first-order valence-electron chi connectivity index (χ1n) is 13.7. The Morgan fingerprint density at radius 2 is 1.26 bits per heavy atom. The molecule has 0 amide bonds. The van der Waals surface area contributed by atoms with Crippen LogP contribution in [0, 0.1) is 6.92 Å². The van der Waals surface area contributed by atoms with Gasteiger partial charge in [0.15, 0.2) is 0 Å². The molecule has 0 aliphatic heterocycles. The topological polar surface area (TPSA) is 41.0 Å². The van der Waals surface area contributed by atoms with Crippen molar-refractivity contribution in [3.63, 3.8) is 0 Å². The van der Waals surface area contributed by atoms with Crippen LogP contribution in [0.2, 0.25) is 0 Å². The van der Waals surface area contributed by atoms with Gasteiger partial charge in [0.2, 0.25) is 0 Å². The van der Waals surface area contributed by atoms with Crippen molar-refractivity contribution >= 4 is 59.4 Å². The molecule has 2 aromatic heterocycles. The summed E-state index contributed by atoms with van der Waals surface area (Å²) < 4.78 is 2.03. The minimum Gasteiger partial charge on any atom is -0.339 e. The van der Waals surface area contributed by atoms with Crippen LogP contribution in [0.3, 0.4) is 0 Å². The number of aryl methyl sites for hydroxylation is 1. The molecule has 1 N–H and O–H groups in total. The maximum Gasteiger partial charge on any atom is 0.141 e. The van der Waals surface area contributed by atoms with Crippen molar-refractivity contribution in [3.8, 4) is 33.5 Å². The summed E-state index contributed by atoms with van der Waals surface area (Å²) in [5, 5.41) is 2.18. The highest BCUT2D eigenvalue weighted by molar-refractivity contribution is 9.10. The average molecular weight is 671 g/mol. The number of H-pyrrole nitrogens is 1. The summed E-state index contributed by atoms with van der Waals surface area (Å²) in [5.74, 6) is 0. The van der Waals surface area contributed by atoms with Gasteiger partial charge in [-0.15, -0.1) is 0 Å². The molecule has 0 aliphatic carbocycles. The van der Waals surface area contributed by atoms with Gasteiger partial charge in [0.05, 0.1) is 22.5 Å². The van der Waals surface area contributed by atoms with Crippen LogP contribution < -0.4 is 5.49 Å². The molecule has 2 heterocycles. The number of rotatable bonds is 4. The first-order valence-corrected chi connectivity index (χ1v) is 15.3. The zero-order valence-corrected chi connectivity index (χ0v) is 25.9. The van der Waals surface area contributed by atoms with Crippen molar-refractivity contribution in [2.24, 2.45) is 4.99 Å². The highest BCUT2D eigenvalue weighted by Crippen LogP contribution is 2.39. The normalized spacial score (nSPS) is 11.8. The summed E-state index contributed by atoms with van der Waals surface area (Å²) in [5.41, 5.74) is 11.0. The zero-order valence-electron chi connectivity index (χ0n) is 22.8. The summed E-state index contributed by atoms with van der Waals surface area (Å²) in [4.78, 5) is 14.2. The molecule has 0 unspecified atom stereocenters. The Morgan fingerprint density at radius 3 is 2.00 bits per heavy atom. The second-order valence-corrected chi connectivity index (χ2v) is 12.1. The third kappa shape index (κ3) is 5.00. The van der Waals surface area contributed by atoms with Crippen molar-refractivity contribution in [3.05, 3.63) is 147 Å². The molecule has 0 fully saturated rings. The molecular formula is C37H25Br2N3. The lowest BCUT2D eigenvalue weighted by Crippen LogP contribution is -2.14. The van der Waals surface area contributed by atoms with E-state index in [0.717, 1.165) is 81.0 Å². The Labute approximate surface area is 260 Å². The third-order valence-corrected chi connectivity index (χ3v) is 8.50. The maximum atomic E-state index is 5.30. The molecule has 0 saturated heterocycles. The van der Waals surface area contributed by atoms with Gasteiger partial charge < -0.3 is 4.98 Å². The van der Waals surface area contributed by atoms with E-state index < -0.39 is 0 Å². The Balaban J connectivity index is 1.68. The van der Waals surface area contributed by atoms with E-state index in [1.807, 2.05) is 24.3 Å². The zero-order chi connectivity index (χ0) is 28.6. The van der Waals surface area contributed by atoms with Gasteiger partial charge in [0.25, 0.3) is 0 Å². The summed E-state index contributed by atoms with van der Waals surface area (Å²) in [7, 11) is 0. The predicted octanol–water partition coefficient (Wildman–Crippen LogP) is 10.8. The molecule has 0 radical (unpaired) electrons. The Kier molecular flexibility index (Phi) is 7.06. The molecule has 0 atom stereocenters. The van der Waals surface area contributed by atoms with Crippen LogP contribution >= 0.6 is 31.9 Å². The largest absolute Gasteiger partial charge is 0.339 e. The monoisotopic (exact) mass is 669 g/mol. The second kappa shape index (κ2) is 11.2. The molecule has 5 heteroatoms. The van der Waals surface area contributed by atoms with Gasteiger partial charge in [-0.3, -0.25) is 0 Å². The van der Waals surface area contributed by atoms with Gasteiger partial charge >= 0.3 is 0 Å². The SMILES string of the molecule is Cc1ccccc1N=c1[nH]c2ccc(Br)cc2c(-c2ccccc2)c1-c1cc(-c2ccccc2)c2cc(Br)ccc2n1. The number of hydrogen-bond acceptors (Lipinski definition) is 2. The fraction of sp³-hybridized carbons (Fsp3) is 0.0270. The van der Waals surface area contributed by atoms with Crippen LogP contribution in [0.25, 0.3) is 55.3 Å². The Bertz CT molecular complexity index is 2170. The van der Waals surface area contributed by atoms with E-state index >= 15 is 0 Å². The number of hydrogen-bond donors (Lipinski definition) is 1. The number of para-hydroxylation sites is 1. The van der Waals surface area contributed by atoms with Gasteiger partial charge in [-0.25, -0.2) is 9.98 Å². The van der Waals surface area contributed by atoms with Gasteiger partial charge in [0.1, 0.15) is 5.49 Å². The van der Waals surface area contributed by atoms with E-state index in [-0.39, 0.29) is 0 Å². The number of nitrogens with one attached hydrogen (secondary N) is 1. The predicted molar refractivity (Wildman–Crippen MR) is 182 cm³/mol. The first-order chi connectivity index (χ1) is 20.5. The molecule has 0 bridgehead atoms. The third-order valence-electron chi connectivity index (χ3n) is 7.51. The lowest BCUT2D eigenvalue weighted by Gasteiger charge is -2.17. The average Bonchev–Trinajstić information content (AvgIpc) is 3.02. The summed E-state index contributed by atoms with van der Waals surface area (Å²) in [6, 6.07) is 44.1. The van der Waals surface area contributed by atoms with Crippen LogP contribution in [0.5, 0.6) is 0 Å². The Morgan fingerprint density at radius 1 is 0.619 bits per heavy atom. The number of aromatic amines is 1. The lowest BCUT2D eigenvalue weighted by molar-refractivity contribution is 1.17. The molecule has 5 aromatic carbocycles. The number of aromatic nitrogens is 2. The van der Waals surface area contributed by atoms with Crippen LogP contribution in [-0.2, 0) is 0 Å². The fourth-order valence-electron chi connectivity index (χ4n) is 5.51. The van der Waals surface area contributed by atoms with Gasteiger partial charge in [0, 0.05) is 30.8 Å². The van der Waals surface area contributed by atoms with Crippen molar-refractivity contribution in [2.75, 3.05) is 0 Å². The van der Waals surface area contributed by atoms with Crippen molar-refractivity contribution in [2.45, 2.75) is 6.92 Å². The standard InChI is InChI=1S/C37H25Br2N3/c1-23-10-8-9-15-31(23)41-37-36(35(25-13-6-3-7-14-25)30-21-27(39)17-19-33(30)42-37)34-22-28(24-11-4-2-5-12-24)29-20-26(38)16-18-32(29)40-34/h2-22H,1H3,(H,41,42). The van der Waals surface area contributed by atoms with Crippen molar-refractivity contribution < 1.29 is 0 Å². The van der Waals surface area contributed by atoms with Crippen LogP contribution in [0.15, 0.2) is 141 Å². The number of fused-ring (bicyclic) bond motifs is 2. The van der Waals surface area contributed by atoms with Crippen LogP contribution in [0.4, 0.5) is 5.69 Å². The van der Waals surface area contributed by atoms with Crippen LogP contribution in [-0.4, -0.2) is 9.97 Å². The molecule has 0 saturated carbocycles. The molecule has 42 heavy (non-hydrogen) atoms. The van der Waals surface area contributed by atoms with E-state index in [1.165, 1.54) is 0 Å². The van der Waals surface area contributed by atoms with E-state index in [4.69, 9.17) is 9.98 Å². The molecule has 3 nitrogen and oxygen atoms in total. The van der Waals surface area contributed by atoms with Gasteiger partial charge in [-0.05, 0) is 77.7 Å². The van der Waals surface area contributed by atoms with Crippen LogP contribution in [0.1, 0.15) is 5.56 Å². The molecule has 7 rings (SSSR count). The van der Waals surface area contributed by atoms with E-state index in [2.05, 4.69) is 147 Å². The van der Waals surface area contributed by atoms with Crippen molar-refractivity contribution in [1.82, 2.24) is 9.97 Å². The molecule has 0 aliphatic rings. The fourth-order valence-corrected chi connectivity index (χ4v) is 6.23. The second-order valence-electron chi connectivity index (χ2n) is 10.3. The van der Waals surface area contributed by atoms with E-state index in [0.29, 0.717) is 0 Å². The minimum absolute atomic E-state index is 0.765. The quantitative estimate of drug-likeness (QED) is 0.199. The van der Waals surface area contributed by atoms with E-state index in [9.17, 15) is 0 Å². The first kappa shape index (κ1) is 26.6. The van der Waals surface area contributed by atoms with Gasteiger partial charge in [-0.1, -0.05) is 111 Å². The lowest BCUT2D eigenvalue weighted by atomic mass is 9.92. The highest BCUT2D eigenvalue weighted by atomic mass is 79.9. The summed E-state index contributed by atoms with van der Waals surface area (Å²) in [6.45, 7) is 2.09. The molecule has 202 valence electrons. The number of nitrogens with zero attached hydrogens (tertiary/aromatic N) is 2. The highest BCUT2D eigenvalue weighted by Gasteiger charge is 2.19. The van der Waals surface area contributed by atoms with E-state index in [1.54, 1.807) is 0 Å². The molecule has 0 spiro atoms.